The van der Waals surface area contributed by atoms with Gasteiger partial charge in [-0.05, 0) is 82.5 Å². The summed E-state index contributed by atoms with van der Waals surface area (Å²) < 4.78 is 12.6. The van der Waals surface area contributed by atoms with Crippen molar-refractivity contribution in [3.63, 3.8) is 0 Å². The van der Waals surface area contributed by atoms with Crippen LogP contribution in [0, 0.1) is 6.92 Å². The first-order valence-corrected chi connectivity index (χ1v) is 10.2. The lowest BCUT2D eigenvalue weighted by atomic mass is 10.0. The lowest BCUT2D eigenvalue weighted by Gasteiger charge is -2.21. The third-order valence-corrected chi connectivity index (χ3v) is 4.52. The number of esters is 1. The van der Waals surface area contributed by atoms with E-state index in [1.165, 1.54) is 0 Å². The van der Waals surface area contributed by atoms with Crippen LogP contribution in [0.15, 0.2) is 48.8 Å². The standard InChI is InChI=1S/C24H29N3O3/c1-6-29-22(28)14-9-18-7-8-19(15-17(18)2)23-25-16-27(26-23)20-10-12-21(13-11-20)30-24(3,4)5/h7-8,10-13,15-16H,6,9,14H2,1-5H3. The minimum Gasteiger partial charge on any atom is -0.488 e. The van der Waals surface area contributed by atoms with E-state index in [4.69, 9.17) is 9.47 Å². The van der Waals surface area contributed by atoms with E-state index in [1.807, 2.05) is 71.0 Å². The molecule has 0 spiro atoms. The van der Waals surface area contributed by atoms with Gasteiger partial charge in [-0.3, -0.25) is 4.79 Å². The summed E-state index contributed by atoms with van der Waals surface area (Å²) in [6.07, 6.45) is 2.75. The van der Waals surface area contributed by atoms with Gasteiger partial charge >= 0.3 is 5.97 Å². The Bertz CT molecular complexity index is 1000. The Morgan fingerprint density at radius 3 is 2.47 bits per heavy atom. The number of aromatic nitrogens is 3. The fourth-order valence-corrected chi connectivity index (χ4v) is 3.13. The van der Waals surface area contributed by atoms with E-state index in [9.17, 15) is 4.79 Å². The predicted octanol–water partition coefficient (Wildman–Crippen LogP) is 4.92. The molecule has 3 aromatic rings. The largest absolute Gasteiger partial charge is 0.488 e. The van der Waals surface area contributed by atoms with Crippen molar-refractivity contribution < 1.29 is 14.3 Å². The first-order chi connectivity index (χ1) is 14.2. The normalized spacial score (nSPS) is 11.4. The Labute approximate surface area is 177 Å². The first-order valence-electron chi connectivity index (χ1n) is 10.2. The molecule has 3 rings (SSSR count). The van der Waals surface area contributed by atoms with Crippen molar-refractivity contribution in [2.75, 3.05) is 6.61 Å². The molecule has 1 aromatic heterocycles. The van der Waals surface area contributed by atoms with Crippen LogP contribution in [0.5, 0.6) is 5.75 Å². The molecule has 0 saturated heterocycles. The summed E-state index contributed by atoms with van der Waals surface area (Å²) in [5.41, 5.74) is 3.86. The Hall–Kier alpha value is -3.15. The van der Waals surface area contributed by atoms with Crippen LogP contribution >= 0.6 is 0 Å². The number of hydrogen-bond donors (Lipinski definition) is 0. The molecule has 0 unspecified atom stereocenters. The molecule has 0 aliphatic carbocycles. The van der Waals surface area contributed by atoms with Gasteiger partial charge in [0.25, 0.3) is 0 Å². The maximum Gasteiger partial charge on any atom is 0.306 e. The molecule has 6 heteroatoms. The zero-order valence-electron chi connectivity index (χ0n) is 18.3. The Balaban J connectivity index is 1.71. The van der Waals surface area contributed by atoms with Gasteiger partial charge in [0.15, 0.2) is 5.82 Å². The van der Waals surface area contributed by atoms with Crippen molar-refractivity contribution in [2.24, 2.45) is 0 Å². The van der Waals surface area contributed by atoms with Gasteiger partial charge in [0, 0.05) is 12.0 Å². The number of aryl methyl sites for hydroxylation is 2. The van der Waals surface area contributed by atoms with Crippen LogP contribution in [0.25, 0.3) is 17.1 Å². The topological polar surface area (TPSA) is 66.2 Å². The summed E-state index contributed by atoms with van der Waals surface area (Å²) in [4.78, 5) is 16.1. The van der Waals surface area contributed by atoms with E-state index in [1.54, 1.807) is 11.0 Å². The average molecular weight is 408 g/mol. The number of ether oxygens (including phenoxy) is 2. The summed E-state index contributed by atoms with van der Waals surface area (Å²) in [5.74, 6) is 1.31. The molecule has 0 saturated carbocycles. The van der Waals surface area contributed by atoms with Gasteiger partial charge in [-0.25, -0.2) is 9.67 Å². The number of nitrogens with zero attached hydrogens (tertiary/aromatic N) is 3. The van der Waals surface area contributed by atoms with Gasteiger partial charge in [-0.1, -0.05) is 12.1 Å². The minimum atomic E-state index is -0.234. The summed E-state index contributed by atoms with van der Waals surface area (Å²) >= 11 is 0. The molecule has 0 aliphatic rings. The number of carbonyl (C=O) groups is 1. The highest BCUT2D eigenvalue weighted by molar-refractivity contribution is 5.70. The van der Waals surface area contributed by atoms with Crippen LogP contribution in [0.2, 0.25) is 0 Å². The van der Waals surface area contributed by atoms with Crippen LogP contribution in [0.3, 0.4) is 0 Å². The van der Waals surface area contributed by atoms with Crippen LogP contribution in [-0.2, 0) is 16.0 Å². The first kappa shape index (κ1) is 21.6. The Morgan fingerprint density at radius 1 is 1.10 bits per heavy atom. The molecule has 0 N–H and O–H groups in total. The summed E-state index contributed by atoms with van der Waals surface area (Å²) in [5, 5.41) is 4.61. The molecule has 1 heterocycles. The van der Waals surface area contributed by atoms with E-state index >= 15 is 0 Å². The van der Waals surface area contributed by atoms with Gasteiger partial charge in [0.2, 0.25) is 0 Å². The lowest BCUT2D eigenvalue weighted by molar-refractivity contribution is -0.143. The molecule has 0 aliphatic heterocycles. The van der Waals surface area contributed by atoms with Gasteiger partial charge in [0.05, 0.1) is 12.3 Å². The predicted molar refractivity (Wildman–Crippen MR) is 117 cm³/mol. The highest BCUT2D eigenvalue weighted by Gasteiger charge is 2.12. The second kappa shape index (κ2) is 9.11. The van der Waals surface area contributed by atoms with Crippen LogP contribution in [-0.4, -0.2) is 32.9 Å². The van der Waals surface area contributed by atoms with E-state index in [2.05, 4.69) is 16.1 Å². The van der Waals surface area contributed by atoms with Crippen molar-refractivity contribution in [2.45, 2.75) is 53.1 Å². The van der Waals surface area contributed by atoms with Crippen LogP contribution in [0.1, 0.15) is 45.2 Å². The molecule has 158 valence electrons. The number of benzene rings is 2. The zero-order valence-corrected chi connectivity index (χ0v) is 18.3. The van der Waals surface area contributed by atoms with Gasteiger partial charge in [-0.15, -0.1) is 5.10 Å². The van der Waals surface area contributed by atoms with Crippen molar-refractivity contribution in [3.05, 3.63) is 59.9 Å². The van der Waals surface area contributed by atoms with E-state index in [0.29, 0.717) is 25.3 Å². The molecular weight excluding hydrogens is 378 g/mol. The van der Waals surface area contributed by atoms with Crippen molar-refractivity contribution in [1.82, 2.24) is 14.8 Å². The van der Waals surface area contributed by atoms with Crippen molar-refractivity contribution in [3.8, 4) is 22.8 Å². The highest BCUT2D eigenvalue weighted by Crippen LogP contribution is 2.23. The minimum absolute atomic E-state index is 0.166. The molecule has 0 bridgehead atoms. The second-order valence-electron chi connectivity index (χ2n) is 8.17. The molecule has 0 amide bonds. The fraction of sp³-hybridized carbons (Fsp3) is 0.375. The third kappa shape index (κ3) is 5.69. The van der Waals surface area contributed by atoms with Crippen LogP contribution < -0.4 is 4.74 Å². The van der Waals surface area contributed by atoms with Crippen molar-refractivity contribution >= 4 is 5.97 Å². The molecule has 30 heavy (non-hydrogen) atoms. The van der Waals surface area contributed by atoms with E-state index in [-0.39, 0.29) is 11.6 Å². The molecule has 0 fully saturated rings. The van der Waals surface area contributed by atoms with Crippen molar-refractivity contribution in [1.29, 1.82) is 0 Å². The van der Waals surface area contributed by atoms with Gasteiger partial charge in [-0.2, -0.15) is 0 Å². The SMILES string of the molecule is CCOC(=O)CCc1ccc(-c2ncn(-c3ccc(OC(C)(C)C)cc3)n2)cc1C. The summed E-state index contributed by atoms with van der Waals surface area (Å²) in [6.45, 7) is 10.3. The highest BCUT2D eigenvalue weighted by atomic mass is 16.5. The monoisotopic (exact) mass is 407 g/mol. The molecule has 2 aromatic carbocycles. The zero-order chi connectivity index (χ0) is 21.7. The molecule has 0 radical (unpaired) electrons. The quantitative estimate of drug-likeness (QED) is 0.520. The van der Waals surface area contributed by atoms with Crippen LogP contribution in [0.4, 0.5) is 0 Å². The van der Waals surface area contributed by atoms with Gasteiger partial charge < -0.3 is 9.47 Å². The molecule has 0 atom stereocenters. The van der Waals surface area contributed by atoms with E-state index < -0.39 is 0 Å². The smallest absolute Gasteiger partial charge is 0.306 e. The molecular formula is C24H29N3O3. The summed E-state index contributed by atoms with van der Waals surface area (Å²) in [7, 11) is 0. The Morgan fingerprint density at radius 2 is 1.83 bits per heavy atom. The lowest BCUT2D eigenvalue weighted by Crippen LogP contribution is -2.22. The summed E-state index contributed by atoms with van der Waals surface area (Å²) in [6, 6.07) is 13.9. The number of carbonyl (C=O) groups excluding carboxylic acids is 1. The van der Waals surface area contributed by atoms with Gasteiger partial charge in [0.1, 0.15) is 17.7 Å². The third-order valence-electron chi connectivity index (χ3n) is 4.52. The Kier molecular flexibility index (Phi) is 6.55. The maximum absolute atomic E-state index is 11.6. The maximum atomic E-state index is 11.6. The van der Waals surface area contributed by atoms with E-state index in [0.717, 1.165) is 28.1 Å². The fourth-order valence-electron chi connectivity index (χ4n) is 3.13. The average Bonchev–Trinajstić information content (AvgIpc) is 3.17. The molecule has 6 nitrogen and oxygen atoms in total. The number of hydrogen-bond acceptors (Lipinski definition) is 5. The second-order valence-corrected chi connectivity index (χ2v) is 8.17. The number of rotatable bonds is 7.